The third-order valence-electron chi connectivity index (χ3n) is 4.10. The Labute approximate surface area is 148 Å². The van der Waals surface area contributed by atoms with Crippen molar-refractivity contribution in [3.63, 3.8) is 0 Å². The second kappa shape index (κ2) is 6.72. The lowest BCUT2D eigenvalue weighted by molar-refractivity contribution is 0.600. The van der Waals surface area contributed by atoms with Crippen LogP contribution in [0.5, 0.6) is 0 Å². The average molecular weight is 355 g/mol. The minimum Gasteiger partial charge on any atom is -0.279 e. The summed E-state index contributed by atoms with van der Waals surface area (Å²) in [5.41, 5.74) is 3.94. The van der Waals surface area contributed by atoms with Crippen LogP contribution in [0, 0.1) is 20.8 Å². The molecule has 0 aliphatic carbocycles. The molecule has 0 fully saturated rings. The van der Waals surface area contributed by atoms with Crippen LogP contribution >= 0.6 is 0 Å². The molecule has 130 valence electrons. The van der Waals surface area contributed by atoms with Crippen LogP contribution in [0.4, 0.5) is 5.69 Å². The number of para-hydroxylation sites is 1. The maximum Gasteiger partial charge on any atom is 0.265 e. The molecule has 5 nitrogen and oxygen atoms in total. The van der Waals surface area contributed by atoms with E-state index in [0.29, 0.717) is 17.9 Å². The van der Waals surface area contributed by atoms with E-state index in [2.05, 4.69) is 9.82 Å². The van der Waals surface area contributed by atoms with E-state index in [0.717, 1.165) is 16.7 Å². The monoisotopic (exact) mass is 355 g/mol. The Bertz CT molecular complexity index is 973. The van der Waals surface area contributed by atoms with E-state index >= 15 is 0 Å². The van der Waals surface area contributed by atoms with Gasteiger partial charge in [-0.05, 0) is 37.5 Å². The first-order valence-corrected chi connectivity index (χ1v) is 9.52. The van der Waals surface area contributed by atoms with Gasteiger partial charge in [0.15, 0.2) is 0 Å². The van der Waals surface area contributed by atoms with E-state index < -0.39 is 10.0 Å². The van der Waals surface area contributed by atoms with Gasteiger partial charge in [0.2, 0.25) is 0 Å². The van der Waals surface area contributed by atoms with Crippen molar-refractivity contribution >= 4 is 15.7 Å². The summed E-state index contributed by atoms with van der Waals surface area (Å²) in [6.07, 6.45) is 1.58. The summed E-state index contributed by atoms with van der Waals surface area (Å²) in [6.45, 7) is 6.01. The Kier molecular flexibility index (Phi) is 4.63. The van der Waals surface area contributed by atoms with E-state index in [4.69, 9.17) is 0 Å². The third kappa shape index (κ3) is 3.74. The molecule has 1 N–H and O–H groups in total. The van der Waals surface area contributed by atoms with Gasteiger partial charge >= 0.3 is 0 Å². The number of rotatable bonds is 5. The molecule has 0 amide bonds. The van der Waals surface area contributed by atoms with Gasteiger partial charge < -0.3 is 0 Å². The number of aryl methyl sites for hydroxylation is 3. The van der Waals surface area contributed by atoms with E-state index in [1.165, 1.54) is 0 Å². The molecular formula is C19H21N3O2S. The van der Waals surface area contributed by atoms with E-state index in [-0.39, 0.29) is 4.90 Å². The van der Waals surface area contributed by atoms with Crippen LogP contribution in [0.1, 0.15) is 22.4 Å². The molecule has 0 saturated carbocycles. The normalized spacial score (nSPS) is 11.5. The van der Waals surface area contributed by atoms with Gasteiger partial charge in [-0.1, -0.05) is 48.5 Å². The molecule has 0 atom stereocenters. The fourth-order valence-electron chi connectivity index (χ4n) is 2.78. The zero-order chi connectivity index (χ0) is 18.0. The summed E-state index contributed by atoms with van der Waals surface area (Å²) in [4.78, 5) is 0.200. The van der Waals surface area contributed by atoms with Crippen molar-refractivity contribution in [2.75, 3.05) is 4.72 Å². The topological polar surface area (TPSA) is 64.0 Å². The number of benzene rings is 2. The summed E-state index contributed by atoms with van der Waals surface area (Å²) >= 11 is 0. The summed E-state index contributed by atoms with van der Waals surface area (Å²) in [7, 11) is -3.69. The van der Waals surface area contributed by atoms with Crippen LogP contribution in [0.2, 0.25) is 0 Å². The Balaban J connectivity index is 1.90. The third-order valence-corrected chi connectivity index (χ3v) is 5.55. The second-order valence-corrected chi connectivity index (χ2v) is 7.79. The Morgan fingerprint density at radius 2 is 1.60 bits per heavy atom. The zero-order valence-electron chi connectivity index (χ0n) is 14.5. The van der Waals surface area contributed by atoms with Crippen molar-refractivity contribution in [1.82, 2.24) is 9.78 Å². The van der Waals surface area contributed by atoms with Crippen molar-refractivity contribution in [1.29, 1.82) is 0 Å². The summed E-state index contributed by atoms with van der Waals surface area (Å²) in [5, 5.41) is 4.36. The van der Waals surface area contributed by atoms with Crippen molar-refractivity contribution in [3.05, 3.63) is 77.1 Å². The molecule has 0 spiro atoms. The van der Waals surface area contributed by atoms with Gasteiger partial charge in [0.25, 0.3) is 10.0 Å². The molecule has 2 aromatic carbocycles. The summed E-state index contributed by atoms with van der Waals surface area (Å²) in [6, 6.07) is 15.5. The highest BCUT2D eigenvalue weighted by Gasteiger charge is 2.22. The highest BCUT2D eigenvalue weighted by Crippen LogP contribution is 2.24. The number of nitrogens with one attached hydrogen (secondary N) is 1. The van der Waals surface area contributed by atoms with Crippen molar-refractivity contribution in [3.8, 4) is 0 Å². The van der Waals surface area contributed by atoms with E-state index in [1.807, 2.05) is 62.4 Å². The first kappa shape index (κ1) is 17.2. The highest BCUT2D eigenvalue weighted by molar-refractivity contribution is 7.92. The molecule has 1 aromatic heterocycles. The quantitative estimate of drug-likeness (QED) is 0.760. The smallest absolute Gasteiger partial charge is 0.265 e. The standard InChI is InChI=1S/C19H21N3O2S/c1-14-8-7-9-15(2)19(14)21-25(23,24)18-13-22(20-16(18)3)12-17-10-5-4-6-11-17/h4-11,13,21H,12H2,1-3H3. The fraction of sp³-hybridized carbons (Fsp3) is 0.211. The molecule has 6 heteroatoms. The number of nitrogens with zero attached hydrogens (tertiary/aromatic N) is 2. The number of aromatic nitrogens is 2. The van der Waals surface area contributed by atoms with Gasteiger partial charge in [-0.25, -0.2) is 8.42 Å². The second-order valence-electron chi connectivity index (χ2n) is 6.13. The van der Waals surface area contributed by atoms with E-state index in [1.54, 1.807) is 17.8 Å². The maximum atomic E-state index is 12.8. The lowest BCUT2D eigenvalue weighted by atomic mass is 10.1. The molecule has 0 saturated heterocycles. The lowest BCUT2D eigenvalue weighted by Gasteiger charge is -2.12. The first-order chi connectivity index (χ1) is 11.9. The minimum absolute atomic E-state index is 0.200. The minimum atomic E-state index is -3.69. The molecule has 25 heavy (non-hydrogen) atoms. The largest absolute Gasteiger partial charge is 0.279 e. The van der Waals surface area contributed by atoms with Crippen LogP contribution in [-0.4, -0.2) is 18.2 Å². The summed E-state index contributed by atoms with van der Waals surface area (Å²) < 4.78 is 30.0. The predicted octanol–water partition coefficient (Wildman–Crippen LogP) is 3.66. The Morgan fingerprint density at radius 3 is 2.24 bits per heavy atom. The molecule has 3 rings (SSSR count). The van der Waals surface area contributed by atoms with Crippen LogP contribution in [0.15, 0.2) is 59.6 Å². The van der Waals surface area contributed by atoms with Gasteiger partial charge in [0.05, 0.1) is 17.9 Å². The van der Waals surface area contributed by atoms with Crippen LogP contribution < -0.4 is 4.72 Å². The molecule has 0 aliphatic rings. The Morgan fingerprint density at radius 1 is 0.960 bits per heavy atom. The van der Waals surface area contributed by atoms with Gasteiger partial charge in [-0.15, -0.1) is 0 Å². The number of sulfonamides is 1. The molecule has 0 aliphatic heterocycles. The van der Waals surface area contributed by atoms with E-state index in [9.17, 15) is 8.42 Å². The molecule has 3 aromatic rings. The Hall–Kier alpha value is -2.60. The molecule has 1 heterocycles. The maximum absolute atomic E-state index is 12.8. The van der Waals surface area contributed by atoms with Crippen molar-refractivity contribution in [2.24, 2.45) is 0 Å². The first-order valence-electron chi connectivity index (χ1n) is 8.04. The molecule has 0 radical (unpaired) electrons. The molecule has 0 unspecified atom stereocenters. The SMILES string of the molecule is Cc1cccc(C)c1NS(=O)(=O)c1cn(Cc2ccccc2)nc1C. The number of hydrogen-bond acceptors (Lipinski definition) is 3. The van der Waals surface area contributed by atoms with Crippen molar-refractivity contribution < 1.29 is 8.42 Å². The number of anilines is 1. The van der Waals surface area contributed by atoms with Crippen LogP contribution in [0.3, 0.4) is 0 Å². The highest BCUT2D eigenvalue weighted by atomic mass is 32.2. The average Bonchev–Trinajstić information content (AvgIpc) is 2.93. The fourth-order valence-corrected chi connectivity index (χ4v) is 4.17. The molecule has 0 bridgehead atoms. The van der Waals surface area contributed by atoms with Gasteiger partial charge in [-0.3, -0.25) is 9.40 Å². The molecular weight excluding hydrogens is 334 g/mol. The van der Waals surface area contributed by atoms with Gasteiger partial charge in [0.1, 0.15) is 4.90 Å². The van der Waals surface area contributed by atoms with Gasteiger partial charge in [0, 0.05) is 6.20 Å². The van der Waals surface area contributed by atoms with Gasteiger partial charge in [-0.2, -0.15) is 5.10 Å². The number of hydrogen-bond donors (Lipinski definition) is 1. The van der Waals surface area contributed by atoms with Crippen molar-refractivity contribution in [2.45, 2.75) is 32.2 Å². The predicted molar refractivity (Wildman–Crippen MR) is 99.2 cm³/mol. The van der Waals surface area contributed by atoms with Crippen LogP contribution in [0.25, 0.3) is 0 Å². The zero-order valence-corrected chi connectivity index (χ0v) is 15.3. The lowest BCUT2D eigenvalue weighted by Crippen LogP contribution is -2.15. The van der Waals surface area contributed by atoms with Crippen LogP contribution in [-0.2, 0) is 16.6 Å². The summed E-state index contributed by atoms with van der Waals surface area (Å²) in [5.74, 6) is 0.